The molecule has 0 amide bonds. The van der Waals surface area contributed by atoms with Gasteiger partial charge in [-0.2, -0.15) is 0 Å². The van der Waals surface area contributed by atoms with E-state index in [0.717, 1.165) is 49.0 Å². The number of carbonyl (C=O) groups is 1. The summed E-state index contributed by atoms with van der Waals surface area (Å²) in [4.78, 5) is 11.6. The van der Waals surface area contributed by atoms with Gasteiger partial charge in [-0.1, -0.05) is 0 Å². The van der Waals surface area contributed by atoms with Crippen molar-refractivity contribution in [2.24, 2.45) is 5.10 Å². The van der Waals surface area contributed by atoms with Crippen LogP contribution in [0.3, 0.4) is 0 Å². The summed E-state index contributed by atoms with van der Waals surface area (Å²) in [5.74, 6) is 0.511. The fraction of sp³-hybridized carbons (Fsp3) is 0.500. The fourth-order valence-corrected chi connectivity index (χ4v) is 4.23. The van der Waals surface area contributed by atoms with Crippen LogP contribution in [-0.2, 0) is 28.8 Å². The largest absolute Gasteiger partial charge is 0.487 e. The smallest absolute Gasteiger partial charge is 0.332 e. The van der Waals surface area contributed by atoms with E-state index in [2.05, 4.69) is 30.4 Å². The number of nitrogens with zero attached hydrogens (tertiary/aromatic N) is 1. The van der Waals surface area contributed by atoms with Crippen molar-refractivity contribution in [2.45, 2.75) is 71.8 Å². The van der Waals surface area contributed by atoms with Gasteiger partial charge in [0, 0.05) is 28.8 Å². The number of hydrogen-bond acceptors (Lipinski definition) is 6. The van der Waals surface area contributed by atoms with Gasteiger partial charge >= 0.3 is 5.97 Å². The standard InChI is InChI=1S/C24H30N2O4/c1-5-28-22(27)12-15(2)25-26-23-18-9-7-6-8-17(18)19-13-16-10-11-24(3,4)30-20(16)14-21(19)29-23/h12-14,25H,5-11H2,1-4H3/b15-12+,26-23+. The first-order chi connectivity index (χ1) is 14.4. The van der Waals surface area contributed by atoms with Gasteiger partial charge in [-0.15, -0.1) is 5.10 Å². The van der Waals surface area contributed by atoms with E-state index in [1.165, 1.54) is 29.0 Å². The zero-order valence-corrected chi connectivity index (χ0v) is 18.3. The first kappa shape index (κ1) is 20.5. The van der Waals surface area contributed by atoms with Gasteiger partial charge in [0.2, 0.25) is 5.55 Å². The van der Waals surface area contributed by atoms with E-state index in [9.17, 15) is 4.79 Å². The lowest BCUT2D eigenvalue weighted by molar-refractivity contribution is -0.137. The number of aryl methyl sites for hydroxylation is 2. The Morgan fingerprint density at radius 2 is 2.00 bits per heavy atom. The van der Waals surface area contributed by atoms with Gasteiger partial charge in [-0.05, 0) is 83.4 Å². The number of ether oxygens (including phenoxy) is 2. The lowest BCUT2D eigenvalue weighted by atomic mass is 9.88. The molecule has 0 bridgehead atoms. The summed E-state index contributed by atoms with van der Waals surface area (Å²) < 4.78 is 17.4. The third-order valence-electron chi connectivity index (χ3n) is 5.76. The van der Waals surface area contributed by atoms with Gasteiger partial charge < -0.3 is 13.9 Å². The molecule has 1 aliphatic carbocycles. The Kier molecular flexibility index (Phi) is 5.58. The minimum atomic E-state index is -0.387. The van der Waals surface area contributed by atoms with E-state index in [0.29, 0.717) is 17.9 Å². The quantitative estimate of drug-likeness (QED) is 0.462. The van der Waals surface area contributed by atoms with Gasteiger partial charge in [-0.25, -0.2) is 4.79 Å². The number of carbonyl (C=O) groups excluding carboxylic acids is 1. The van der Waals surface area contributed by atoms with Gasteiger partial charge in [0.05, 0.1) is 6.61 Å². The summed E-state index contributed by atoms with van der Waals surface area (Å²) in [6.45, 7) is 8.14. The Labute approximate surface area is 176 Å². The Morgan fingerprint density at radius 1 is 1.23 bits per heavy atom. The Balaban J connectivity index is 1.77. The number of rotatable bonds is 4. The number of benzene rings is 1. The van der Waals surface area contributed by atoms with Crippen molar-refractivity contribution in [3.63, 3.8) is 0 Å². The van der Waals surface area contributed by atoms with Crippen LogP contribution < -0.4 is 15.7 Å². The number of allylic oxidation sites excluding steroid dienone is 1. The van der Waals surface area contributed by atoms with Crippen LogP contribution in [0.15, 0.2) is 33.4 Å². The molecule has 0 unspecified atom stereocenters. The zero-order valence-electron chi connectivity index (χ0n) is 18.3. The van der Waals surface area contributed by atoms with Crippen LogP contribution in [0.1, 0.15) is 63.6 Å². The molecule has 2 aliphatic rings. The molecule has 4 rings (SSSR count). The number of fused-ring (bicyclic) bond motifs is 4. The van der Waals surface area contributed by atoms with Crippen LogP contribution in [0.25, 0.3) is 11.0 Å². The van der Waals surface area contributed by atoms with Crippen LogP contribution in [0.2, 0.25) is 0 Å². The maximum Gasteiger partial charge on any atom is 0.332 e. The fourth-order valence-electron chi connectivity index (χ4n) is 4.23. The second kappa shape index (κ2) is 8.17. The highest BCUT2D eigenvalue weighted by Gasteiger charge is 2.28. The van der Waals surface area contributed by atoms with Crippen LogP contribution in [0.5, 0.6) is 5.75 Å². The summed E-state index contributed by atoms with van der Waals surface area (Å²) in [6, 6.07) is 4.26. The molecule has 6 nitrogen and oxygen atoms in total. The first-order valence-electron chi connectivity index (χ1n) is 10.8. The minimum Gasteiger partial charge on any atom is -0.487 e. The van der Waals surface area contributed by atoms with E-state index in [-0.39, 0.29) is 11.6 Å². The van der Waals surface area contributed by atoms with E-state index in [4.69, 9.17) is 13.9 Å². The molecule has 2 aromatic rings. The van der Waals surface area contributed by atoms with E-state index in [1.54, 1.807) is 13.8 Å². The third-order valence-corrected chi connectivity index (χ3v) is 5.76. The number of hydrogen-bond donors (Lipinski definition) is 1. The molecule has 0 saturated carbocycles. The molecule has 0 spiro atoms. The molecule has 0 saturated heterocycles. The summed E-state index contributed by atoms with van der Waals surface area (Å²) in [7, 11) is 0. The molecule has 6 heteroatoms. The Bertz CT molecular complexity index is 1080. The predicted octanol–water partition coefficient (Wildman–Crippen LogP) is 4.29. The molecule has 1 aromatic heterocycles. The zero-order chi connectivity index (χ0) is 21.3. The highest BCUT2D eigenvalue weighted by molar-refractivity contribution is 5.84. The average molecular weight is 411 g/mol. The van der Waals surface area contributed by atoms with Gasteiger partial charge in [-0.3, -0.25) is 5.43 Å². The van der Waals surface area contributed by atoms with Gasteiger partial charge in [0.1, 0.15) is 16.9 Å². The molecule has 0 radical (unpaired) electrons. The Hall–Kier alpha value is -2.76. The lowest BCUT2D eigenvalue weighted by Gasteiger charge is -2.33. The molecule has 2 heterocycles. The van der Waals surface area contributed by atoms with Crippen molar-refractivity contribution in [2.75, 3.05) is 6.61 Å². The van der Waals surface area contributed by atoms with Gasteiger partial charge in [0.25, 0.3) is 0 Å². The van der Waals surface area contributed by atoms with Crippen molar-refractivity contribution in [1.29, 1.82) is 0 Å². The molecule has 0 atom stereocenters. The molecule has 1 aliphatic heterocycles. The molecule has 1 N–H and O–H groups in total. The molecule has 0 fully saturated rings. The molecular weight excluding hydrogens is 380 g/mol. The second-order valence-electron chi connectivity index (χ2n) is 8.69. The van der Waals surface area contributed by atoms with E-state index < -0.39 is 0 Å². The van der Waals surface area contributed by atoms with E-state index in [1.807, 2.05) is 6.07 Å². The van der Waals surface area contributed by atoms with Crippen LogP contribution in [-0.4, -0.2) is 18.2 Å². The van der Waals surface area contributed by atoms with Crippen LogP contribution >= 0.6 is 0 Å². The van der Waals surface area contributed by atoms with Crippen molar-refractivity contribution < 1.29 is 18.7 Å². The third kappa shape index (κ3) is 4.23. The van der Waals surface area contributed by atoms with Crippen molar-refractivity contribution in [3.05, 3.63) is 46.2 Å². The topological polar surface area (TPSA) is 73.1 Å². The highest BCUT2D eigenvalue weighted by Crippen LogP contribution is 2.37. The monoisotopic (exact) mass is 410 g/mol. The van der Waals surface area contributed by atoms with Crippen molar-refractivity contribution in [1.82, 2.24) is 5.43 Å². The van der Waals surface area contributed by atoms with Crippen molar-refractivity contribution >= 4 is 16.9 Å². The molecule has 160 valence electrons. The Morgan fingerprint density at radius 3 is 2.77 bits per heavy atom. The predicted molar refractivity (Wildman–Crippen MR) is 115 cm³/mol. The minimum absolute atomic E-state index is 0.168. The molecule has 1 aromatic carbocycles. The van der Waals surface area contributed by atoms with Crippen LogP contribution in [0.4, 0.5) is 0 Å². The number of nitrogens with one attached hydrogen (secondary N) is 1. The maximum absolute atomic E-state index is 11.6. The first-order valence-corrected chi connectivity index (χ1v) is 10.8. The average Bonchev–Trinajstić information content (AvgIpc) is 2.70. The van der Waals surface area contributed by atoms with E-state index >= 15 is 0 Å². The molecular formula is C24H30N2O4. The van der Waals surface area contributed by atoms with Gasteiger partial charge in [0.15, 0.2) is 0 Å². The maximum atomic E-state index is 11.6. The lowest BCUT2D eigenvalue weighted by Crippen LogP contribution is -2.32. The number of esters is 1. The summed E-state index contributed by atoms with van der Waals surface area (Å²) in [5.41, 5.74) is 8.46. The summed E-state index contributed by atoms with van der Waals surface area (Å²) in [5, 5.41) is 5.66. The van der Waals surface area contributed by atoms with Crippen molar-refractivity contribution in [3.8, 4) is 5.75 Å². The SMILES string of the molecule is CCOC(=O)/C=C(\C)N/N=c1/oc2cc3c(cc2c2c1CCCC2)CCC(C)(C)O3. The highest BCUT2D eigenvalue weighted by atomic mass is 16.5. The van der Waals surface area contributed by atoms with Crippen LogP contribution in [0, 0.1) is 0 Å². The molecule has 30 heavy (non-hydrogen) atoms. The summed E-state index contributed by atoms with van der Waals surface area (Å²) in [6.07, 6.45) is 7.67. The summed E-state index contributed by atoms with van der Waals surface area (Å²) >= 11 is 0. The normalized spacial score (nSPS) is 18.4. The second-order valence-corrected chi connectivity index (χ2v) is 8.69.